The molecule has 0 unspecified atom stereocenters. The summed E-state index contributed by atoms with van der Waals surface area (Å²) in [7, 11) is 1.63. The molecule has 0 spiro atoms. The predicted molar refractivity (Wildman–Crippen MR) is 109 cm³/mol. The fourth-order valence-electron chi connectivity index (χ4n) is 3.30. The number of hydrogen-bond acceptors (Lipinski definition) is 5. The molecule has 2 atom stereocenters. The van der Waals surface area contributed by atoms with Crippen molar-refractivity contribution in [2.45, 2.75) is 58.1 Å². The molecule has 1 aliphatic rings. The van der Waals surface area contributed by atoms with Crippen LogP contribution in [-0.4, -0.2) is 54.6 Å². The minimum Gasteiger partial charge on any atom is -0.444 e. The van der Waals surface area contributed by atoms with Gasteiger partial charge in [0, 0.05) is 19.6 Å². The maximum Gasteiger partial charge on any atom is 0.407 e. The van der Waals surface area contributed by atoms with Gasteiger partial charge in [0.1, 0.15) is 5.60 Å². The van der Waals surface area contributed by atoms with Crippen molar-refractivity contribution in [3.05, 3.63) is 22.4 Å². The second kappa shape index (κ2) is 9.91. The van der Waals surface area contributed by atoms with Crippen LogP contribution in [0.5, 0.6) is 0 Å². The van der Waals surface area contributed by atoms with Crippen molar-refractivity contribution in [1.82, 2.24) is 15.5 Å². The average Bonchev–Trinajstić information content (AvgIpc) is 3.13. The minimum atomic E-state index is -0.538. The Bertz CT molecular complexity index is 669. The molecular formula is C20H31N3O4S. The number of thiophene rings is 1. The van der Waals surface area contributed by atoms with E-state index in [1.165, 1.54) is 16.2 Å². The molecule has 0 aromatic carbocycles. The smallest absolute Gasteiger partial charge is 0.407 e. The first kappa shape index (κ1) is 22.2. The zero-order chi connectivity index (χ0) is 20.7. The molecule has 3 amide bonds. The van der Waals surface area contributed by atoms with E-state index in [0.717, 1.165) is 25.7 Å². The molecule has 0 saturated heterocycles. The van der Waals surface area contributed by atoms with Crippen molar-refractivity contribution >= 4 is 29.2 Å². The van der Waals surface area contributed by atoms with Crippen LogP contribution in [0.2, 0.25) is 0 Å². The molecule has 1 aliphatic carbocycles. The summed E-state index contributed by atoms with van der Waals surface area (Å²) in [5.41, 5.74) is -0.538. The number of nitrogens with zero attached hydrogens (tertiary/aromatic N) is 1. The highest BCUT2D eigenvalue weighted by Gasteiger charge is 2.28. The number of rotatable bonds is 6. The molecule has 2 N–H and O–H groups in total. The van der Waals surface area contributed by atoms with Gasteiger partial charge >= 0.3 is 6.09 Å². The van der Waals surface area contributed by atoms with Crippen LogP contribution < -0.4 is 10.6 Å². The van der Waals surface area contributed by atoms with E-state index in [1.54, 1.807) is 13.1 Å². The number of likely N-dealkylation sites (N-methyl/N-ethyl adjacent to an activating group) is 1. The predicted octanol–water partition coefficient (Wildman–Crippen LogP) is 3.02. The van der Waals surface area contributed by atoms with Crippen LogP contribution in [0.25, 0.3) is 0 Å². The molecule has 28 heavy (non-hydrogen) atoms. The molecule has 1 aromatic rings. The summed E-state index contributed by atoms with van der Waals surface area (Å²) in [5.74, 6) is -0.179. The van der Waals surface area contributed by atoms with Gasteiger partial charge < -0.3 is 20.3 Å². The van der Waals surface area contributed by atoms with Gasteiger partial charge in [-0.05, 0) is 51.0 Å². The Morgan fingerprint density at radius 3 is 2.61 bits per heavy atom. The van der Waals surface area contributed by atoms with Crippen molar-refractivity contribution in [2.75, 3.05) is 20.1 Å². The zero-order valence-electron chi connectivity index (χ0n) is 17.1. The summed E-state index contributed by atoms with van der Waals surface area (Å²) >= 11 is 1.36. The van der Waals surface area contributed by atoms with E-state index in [2.05, 4.69) is 10.6 Å². The maximum atomic E-state index is 12.5. The van der Waals surface area contributed by atoms with Gasteiger partial charge in [0.2, 0.25) is 5.91 Å². The fourth-order valence-corrected chi connectivity index (χ4v) is 4.02. The zero-order valence-corrected chi connectivity index (χ0v) is 17.9. The van der Waals surface area contributed by atoms with Gasteiger partial charge in [0.05, 0.1) is 11.4 Å². The van der Waals surface area contributed by atoms with Gasteiger partial charge in [0.25, 0.3) is 5.91 Å². The second-order valence-electron chi connectivity index (χ2n) is 8.24. The van der Waals surface area contributed by atoms with Crippen LogP contribution in [0.4, 0.5) is 4.79 Å². The highest BCUT2D eigenvalue weighted by Crippen LogP contribution is 2.24. The molecule has 156 valence electrons. The lowest BCUT2D eigenvalue weighted by Crippen LogP contribution is -2.49. The lowest BCUT2D eigenvalue weighted by atomic mass is 9.84. The molecule has 1 fully saturated rings. The van der Waals surface area contributed by atoms with E-state index in [4.69, 9.17) is 4.74 Å². The van der Waals surface area contributed by atoms with Crippen LogP contribution in [0.15, 0.2) is 17.5 Å². The van der Waals surface area contributed by atoms with Gasteiger partial charge in [-0.1, -0.05) is 18.9 Å². The van der Waals surface area contributed by atoms with Crippen LogP contribution in [0, 0.1) is 5.92 Å². The Morgan fingerprint density at radius 2 is 1.96 bits per heavy atom. The van der Waals surface area contributed by atoms with Crippen LogP contribution in [0.3, 0.4) is 0 Å². The van der Waals surface area contributed by atoms with Crippen LogP contribution >= 0.6 is 11.3 Å². The largest absolute Gasteiger partial charge is 0.444 e. The number of nitrogens with one attached hydrogen (secondary N) is 2. The van der Waals surface area contributed by atoms with Crippen molar-refractivity contribution in [3.63, 3.8) is 0 Å². The van der Waals surface area contributed by atoms with Crippen molar-refractivity contribution in [1.29, 1.82) is 0 Å². The topological polar surface area (TPSA) is 87.7 Å². The lowest BCUT2D eigenvalue weighted by Gasteiger charge is -2.33. The molecule has 1 saturated carbocycles. The lowest BCUT2D eigenvalue weighted by molar-refractivity contribution is -0.122. The summed E-state index contributed by atoms with van der Waals surface area (Å²) in [6.45, 7) is 5.95. The Morgan fingerprint density at radius 1 is 1.25 bits per heavy atom. The second-order valence-corrected chi connectivity index (χ2v) is 9.19. The molecule has 8 heteroatoms. The van der Waals surface area contributed by atoms with E-state index >= 15 is 0 Å². The quantitative estimate of drug-likeness (QED) is 0.756. The van der Waals surface area contributed by atoms with E-state index in [1.807, 2.05) is 32.2 Å². The van der Waals surface area contributed by atoms with Gasteiger partial charge in [-0.2, -0.15) is 0 Å². The fraction of sp³-hybridized carbons (Fsp3) is 0.650. The third-order valence-electron chi connectivity index (χ3n) is 4.62. The highest BCUT2D eigenvalue weighted by molar-refractivity contribution is 7.12. The highest BCUT2D eigenvalue weighted by atomic mass is 32.1. The molecule has 0 bridgehead atoms. The maximum absolute atomic E-state index is 12.5. The third kappa shape index (κ3) is 7.14. The van der Waals surface area contributed by atoms with Gasteiger partial charge in [0.15, 0.2) is 0 Å². The van der Waals surface area contributed by atoms with E-state index < -0.39 is 11.7 Å². The molecule has 0 aliphatic heterocycles. The molecular weight excluding hydrogens is 378 g/mol. The summed E-state index contributed by atoms with van der Waals surface area (Å²) in [6, 6.07) is 3.55. The van der Waals surface area contributed by atoms with Crippen molar-refractivity contribution < 1.29 is 19.1 Å². The van der Waals surface area contributed by atoms with E-state index in [0.29, 0.717) is 11.4 Å². The SMILES string of the molecule is CN(CC(=O)N[C@H]1CCCC[C@H]1CNC(=O)OC(C)(C)C)C(=O)c1cccs1. The number of ether oxygens (including phenoxy) is 1. The van der Waals surface area contributed by atoms with E-state index in [9.17, 15) is 14.4 Å². The summed E-state index contributed by atoms with van der Waals surface area (Å²) in [4.78, 5) is 38.7. The number of carbonyl (C=O) groups is 3. The standard InChI is InChI=1S/C20H31N3O4S/c1-20(2,3)27-19(26)21-12-14-8-5-6-9-15(14)22-17(24)13-23(4)18(25)16-10-7-11-28-16/h7,10-11,14-15H,5-6,8-9,12-13H2,1-4H3,(H,21,26)(H,22,24)/t14-,15-/m0/s1. The molecule has 1 heterocycles. The monoisotopic (exact) mass is 409 g/mol. The van der Waals surface area contributed by atoms with Gasteiger partial charge in [-0.15, -0.1) is 11.3 Å². The first-order chi connectivity index (χ1) is 13.2. The number of amides is 3. The average molecular weight is 410 g/mol. The molecule has 7 nitrogen and oxygen atoms in total. The molecule has 0 radical (unpaired) electrons. The number of hydrogen-bond donors (Lipinski definition) is 2. The van der Waals surface area contributed by atoms with Gasteiger partial charge in [-0.25, -0.2) is 4.79 Å². The Balaban J connectivity index is 1.83. The molecule has 2 rings (SSSR count). The minimum absolute atomic E-state index is 0.0126. The number of alkyl carbamates (subject to hydrolysis) is 1. The van der Waals surface area contributed by atoms with E-state index in [-0.39, 0.29) is 30.3 Å². The molecule has 1 aromatic heterocycles. The normalized spacial score (nSPS) is 19.6. The first-order valence-corrected chi connectivity index (χ1v) is 10.6. The Labute approximate surface area is 170 Å². The van der Waals surface area contributed by atoms with Crippen molar-refractivity contribution in [3.8, 4) is 0 Å². The number of carbonyl (C=O) groups excluding carboxylic acids is 3. The Kier molecular flexibility index (Phi) is 7.86. The summed E-state index contributed by atoms with van der Waals surface area (Å²) in [6.07, 6.45) is 3.48. The Hall–Kier alpha value is -2.09. The van der Waals surface area contributed by atoms with Gasteiger partial charge in [-0.3, -0.25) is 9.59 Å². The third-order valence-corrected chi connectivity index (χ3v) is 5.48. The van der Waals surface area contributed by atoms with Crippen LogP contribution in [0.1, 0.15) is 56.1 Å². The first-order valence-electron chi connectivity index (χ1n) is 9.71. The summed E-state index contributed by atoms with van der Waals surface area (Å²) < 4.78 is 5.28. The summed E-state index contributed by atoms with van der Waals surface area (Å²) in [5, 5.41) is 7.70. The van der Waals surface area contributed by atoms with Crippen LogP contribution in [-0.2, 0) is 9.53 Å². The van der Waals surface area contributed by atoms with Crippen molar-refractivity contribution in [2.24, 2.45) is 5.92 Å².